The van der Waals surface area contributed by atoms with Crippen LogP contribution in [-0.2, 0) is 0 Å². The van der Waals surface area contributed by atoms with Gasteiger partial charge in [0, 0.05) is 12.5 Å². The second-order valence-electron chi connectivity index (χ2n) is 4.20. The maximum absolute atomic E-state index is 8.71. The van der Waals surface area contributed by atoms with Gasteiger partial charge < -0.3 is 5.73 Å². The van der Waals surface area contributed by atoms with Crippen molar-refractivity contribution in [2.24, 2.45) is 17.1 Å². The van der Waals surface area contributed by atoms with E-state index in [4.69, 9.17) is 11.0 Å². The quantitative estimate of drug-likeness (QED) is 0.697. The van der Waals surface area contributed by atoms with Crippen LogP contribution < -0.4 is 5.73 Å². The molecular formula is C10H18N2. The number of nitriles is 1. The fourth-order valence-corrected chi connectivity index (χ4v) is 2.14. The molecule has 0 aromatic heterocycles. The first-order chi connectivity index (χ1) is 5.62. The average Bonchev–Trinajstić information content (AvgIpc) is 1.95. The zero-order chi connectivity index (χ0) is 9.19. The summed E-state index contributed by atoms with van der Waals surface area (Å²) < 4.78 is 0. The van der Waals surface area contributed by atoms with Crippen molar-refractivity contribution in [3.05, 3.63) is 0 Å². The van der Waals surface area contributed by atoms with Crippen molar-refractivity contribution in [3.8, 4) is 6.07 Å². The lowest BCUT2D eigenvalue weighted by Gasteiger charge is -2.46. The molecule has 68 valence electrons. The van der Waals surface area contributed by atoms with E-state index in [0.29, 0.717) is 12.3 Å². The van der Waals surface area contributed by atoms with Crippen LogP contribution in [0.3, 0.4) is 0 Å². The largest absolute Gasteiger partial charge is 0.328 e. The maximum atomic E-state index is 8.71. The van der Waals surface area contributed by atoms with Crippen LogP contribution in [0.1, 0.15) is 39.5 Å². The molecule has 2 atom stereocenters. The van der Waals surface area contributed by atoms with Gasteiger partial charge in [-0.25, -0.2) is 0 Å². The van der Waals surface area contributed by atoms with Gasteiger partial charge in [-0.05, 0) is 31.1 Å². The van der Waals surface area contributed by atoms with Crippen LogP contribution in [0.2, 0.25) is 0 Å². The zero-order valence-corrected chi connectivity index (χ0v) is 8.01. The van der Waals surface area contributed by atoms with E-state index in [0.717, 1.165) is 0 Å². The highest BCUT2D eigenvalue weighted by Crippen LogP contribution is 2.50. The van der Waals surface area contributed by atoms with E-state index >= 15 is 0 Å². The molecule has 0 heterocycles. The SMILES string of the molecule is CC(N)C(C)C1(CC#N)CCC1. The fraction of sp³-hybridized carbons (Fsp3) is 0.900. The second-order valence-corrected chi connectivity index (χ2v) is 4.20. The Morgan fingerprint density at radius 3 is 2.33 bits per heavy atom. The molecule has 2 nitrogen and oxygen atoms in total. The summed E-state index contributed by atoms with van der Waals surface area (Å²) in [5.74, 6) is 0.492. The molecule has 2 N–H and O–H groups in total. The highest BCUT2D eigenvalue weighted by atomic mass is 14.7. The minimum atomic E-state index is 0.221. The Bertz CT molecular complexity index is 187. The highest BCUT2D eigenvalue weighted by Gasteiger charge is 2.42. The zero-order valence-electron chi connectivity index (χ0n) is 8.01. The third-order valence-corrected chi connectivity index (χ3v) is 3.54. The molecule has 0 radical (unpaired) electrons. The summed E-state index contributed by atoms with van der Waals surface area (Å²) in [6.07, 6.45) is 4.36. The summed E-state index contributed by atoms with van der Waals surface area (Å²) in [5.41, 5.74) is 6.12. The molecule has 12 heavy (non-hydrogen) atoms. The summed E-state index contributed by atoms with van der Waals surface area (Å²) in [6, 6.07) is 2.51. The lowest BCUT2D eigenvalue weighted by molar-refractivity contribution is 0.0520. The van der Waals surface area contributed by atoms with Crippen molar-refractivity contribution in [3.63, 3.8) is 0 Å². The van der Waals surface area contributed by atoms with Gasteiger partial charge in [0.25, 0.3) is 0 Å². The average molecular weight is 166 g/mol. The van der Waals surface area contributed by atoms with Gasteiger partial charge in [0.15, 0.2) is 0 Å². The van der Waals surface area contributed by atoms with Crippen LogP contribution in [0.15, 0.2) is 0 Å². The molecule has 2 unspecified atom stereocenters. The first-order valence-electron chi connectivity index (χ1n) is 4.75. The van der Waals surface area contributed by atoms with Gasteiger partial charge in [-0.1, -0.05) is 13.3 Å². The summed E-state index contributed by atoms with van der Waals surface area (Å²) >= 11 is 0. The molecule has 1 rings (SSSR count). The minimum absolute atomic E-state index is 0.221. The van der Waals surface area contributed by atoms with Crippen LogP contribution in [0.25, 0.3) is 0 Å². The normalized spacial score (nSPS) is 25.2. The first-order valence-corrected chi connectivity index (χ1v) is 4.75. The van der Waals surface area contributed by atoms with Gasteiger partial charge in [-0.3, -0.25) is 0 Å². The molecule has 0 aliphatic heterocycles. The van der Waals surface area contributed by atoms with Gasteiger partial charge >= 0.3 is 0 Å². The van der Waals surface area contributed by atoms with Crippen molar-refractivity contribution in [1.82, 2.24) is 0 Å². The lowest BCUT2D eigenvalue weighted by Crippen LogP contribution is -2.43. The molecule has 0 amide bonds. The monoisotopic (exact) mass is 166 g/mol. The Morgan fingerprint density at radius 1 is 1.50 bits per heavy atom. The van der Waals surface area contributed by atoms with Crippen LogP contribution in [0.4, 0.5) is 0 Å². The number of nitrogens with zero attached hydrogens (tertiary/aromatic N) is 1. The third kappa shape index (κ3) is 1.47. The van der Waals surface area contributed by atoms with Crippen molar-refractivity contribution < 1.29 is 0 Å². The van der Waals surface area contributed by atoms with Gasteiger partial charge in [0.1, 0.15) is 0 Å². The van der Waals surface area contributed by atoms with E-state index in [1.807, 2.05) is 6.92 Å². The molecule has 0 saturated heterocycles. The molecule has 0 aromatic carbocycles. The minimum Gasteiger partial charge on any atom is -0.328 e. The van der Waals surface area contributed by atoms with E-state index in [1.165, 1.54) is 19.3 Å². The summed E-state index contributed by atoms with van der Waals surface area (Å²) in [5, 5.41) is 8.71. The van der Waals surface area contributed by atoms with Crippen molar-refractivity contribution in [2.75, 3.05) is 0 Å². The number of rotatable bonds is 3. The van der Waals surface area contributed by atoms with E-state index in [9.17, 15) is 0 Å². The lowest BCUT2D eigenvalue weighted by atomic mass is 9.58. The Balaban J connectivity index is 2.61. The molecule has 2 heteroatoms. The molecule has 0 spiro atoms. The second kappa shape index (κ2) is 3.45. The fourth-order valence-electron chi connectivity index (χ4n) is 2.14. The molecule has 0 bridgehead atoms. The van der Waals surface area contributed by atoms with E-state index in [-0.39, 0.29) is 11.5 Å². The van der Waals surface area contributed by atoms with Gasteiger partial charge in [-0.2, -0.15) is 5.26 Å². The van der Waals surface area contributed by atoms with Crippen LogP contribution >= 0.6 is 0 Å². The molecule has 1 aliphatic carbocycles. The van der Waals surface area contributed by atoms with Crippen molar-refractivity contribution >= 4 is 0 Å². The van der Waals surface area contributed by atoms with Gasteiger partial charge in [0.05, 0.1) is 6.07 Å². The molecule has 1 aliphatic rings. The van der Waals surface area contributed by atoms with Gasteiger partial charge in [-0.15, -0.1) is 0 Å². The Hall–Kier alpha value is -0.550. The van der Waals surface area contributed by atoms with E-state index in [1.54, 1.807) is 0 Å². The Kier molecular flexibility index (Phi) is 2.74. The third-order valence-electron chi connectivity index (χ3n) is 3.54. The first kappa shape index (κ1) is 9.54. The predicted octanol–water partition coefficient (Wildman–Crippen LogP) is 2.05. The van der Waals surface area contributed by atoms with Crippen molar-refractivity contribution in [2.45, 2.75) is 45.6 Å². The van der Waals surface area contributed by atoms with Crippen LogP contribution in [-0.4, -0.2) is 6.04 Å². The standard InChI is InChI=1S/C10H18N2/c1-8(9(2)12)10(6-7-11)4-3-5-10/h8-9H,3-6,12H2,1-2H3. The number of hydrogen-bond donors (Lipinski definition) is 1. The smallest absolute Gasteiger partial charge is 0.0627 e. The predicted molar refractivity (Wildman–Crippen MR) is 49.3 cm³/mol. The Labute approximate surface area is 74.8 Å². The molecular weight excluding hydrogens is 148 g/mol. The van der Waals surface area contributed by atoms with Crippen LogP contribution in [0, 0.1) is 22.7 Å². The highest BCUT2D eigenvalue weighted by molar-refractivity contribution is 4.99. The van der Waals surface area contributed by atoms with E-state index < -0.39 is 0 Å². The van der Waals surface area contributed by atoms with Gasteiger partial charge in [0.2, 0.25) is 0 Å². The summed E-state index contributed by atoms with van der Waals surface area (Å²) in [6.45, 7) is 4.23. The summed E-state index contributed by atoms with van der Waals surface area (Å²) in [4.78, 5) is 0. The molecule has 1 saturated carbocycles. The number of nitrogens with two attached hydrogens (primary N) is 1. The van der Waals surface area contributed by atoms with E-state index in [2.05, 4.69) is 13.0 Å². The molecule has 1 fully saturated rings. The topological polar surface area (TPSA) is 49.8 Å². The maximum Gasteiger partial charge on any atom is 0.0627 e. The van der Waals surface area contributed by atoms with Crippen molar-refractivity contribution in [1.29, 1.82) is 5.26 Å². The summed E-state index contributed by atoms with van der Waals surface area (Å²) in [7, 11) is 0. The molecule has 0 aromatic rings. The number of hydrogen-bond acceptors (Lipinski definition) is 2. The Morgan fingerprint density at radius 2 is 2.08 bits per heavy atom. The van der Waals surface area contributed by atoms with Crippen LogP contribution in [0.5, 0.6) is 0 Å².